The number of pyridine rings is 1. The number of fused-ring (bicyclic) bond motifs is 3. The maximum absolute atomic E-state index is 12.4. The van der Waals surface area contributed by atoms with Crippen LogP contribution in [0.2, 0.25) is 0 Å². The summed E-state index contributed by atoms with van der Waals surface area (Å²) >= 11 is 0. The van der Waals surface area contributed by atoms with Crippen LogP contribution in [-0.4, -0.2) is 28.6 Å². The summed E-state index contributed by atoms with van der Waals surface area (Å²) in [7, 11) is 0. The molecular formula is C21H26N2O3. The first-order chi connectivity index (χ1) is 12.4. The van der Waals surface area contributed by atoms with Gasteiger partial charge in [0.05, 0.1) is 23.9 Å². The van der Waals surface area contributed by atoms with Gasteiger partial charge in [-0.1, -0.05) is 13.0 Å². The zero-order valence-corrected chi connectivity index (χ0v) is 16.1. The molecule has 3 aromatic rings. The highest BCUT2D eigenvalue weighted by Gasteiger charge is 2.19. The molecule has 2 heterocycles. The van der Waals surface area contributed by atoms with Crippen LogP contribution in [0, 0.1) is 6.92 Å². The predicted molar refractivity (Wildman–Crippen MR) is 104 cm³/mol. The van der Waals surface area contributed by atoms with Gasteiger partial charge in [0.25, 0.3) is 0 Å². The summed E-state index contributed by atoms with van der Waals surface area (Å²) in [6, 6.07) is 6.27. The largest absolute Gasteiger partial charge is 0.458 e. The first-order valence-corrected chi connectivity index (χ1v) is 9.15. The average molecular weight is 354 g/mol. The van der Waals surface area contributed by atoms with Crippen molar-refractivity contribution in [2.24, 2.45) is 0 Å². The van der Waals surface area contributed by atoms with E-state index in [1.807, 2.05) is 20.8 Å². The number of aromatic nitrogens is 2. The Morgan fingerprint density at radius 2 is 2.00 bits per heavy atom. The van der Waals surface area contributed by atoms with Crippen LogP contribution in [0.1, 0.15) is 61.8 Å². The van der Waals surface area contributed by atoms with E-state index in [0.717, 1.165) is 46.0 Å². The average Bonchev–Trinajstić information content (AvgIpc) is 2.97. The minimum Gasteiger partial charge on any atom is -0.458 e. The van der Waals surface area contributed by atoms with E-state index >= 15 is 0 Å². The van der Waals surface area contributed by atoms with Crippen molar-refractivity contribution in [3.05, 3.63) is 41.2 Å². The molecule has 0 aliphatic rings. The number of esters is 1. The molecule has 2 aromatic heterocycles. The Hall–Kier alpha value is -2.40. The van der Waals surface area contributed by atoms with Gasteiger partial charge >= 0.3 is 5.97 Å². The minimum absolute atomic E-state index is 0.0248. The monoisotopic (exact) mass is 354 g/mol. The molecule has 138 valence electrons. The molecule has 0 fully saturated rings. The van der Waals surface area contributed by atoms with Gasteiger partial charge in [-0.15, -0.1) is 0 Å². The smallest absolute Gasteiger partial charge is 0.357 e. The summed E-state index contributed by atoms with van der Waals surface area (Å²) in [5.74, 6) is -0.385. The topological polar surface area (TPSA) is 64.2 Å². The molecule has 0 saturated heterocycles. The summed E-state index contributed by atoms with van der Waals surface area (Å²) in [5.41, 5.74) is 4.25. The molecule has 0 aliphatic heterocycles. The molecule has 0 saturated carbocycles. The lowest BCUT2D eigenvalue weighted by molar-refractivity contribution is 0.0370. The van der Waals surface area contributed by atoms with E-state index in [4.69, 9.17) is 9.47 Å². The third kappa shape index (κ3) is 3.44. The second kappa shape index (κ2) is 7.46. The molecule has 5 heteroatoms. The lowest BCUT2D eigenvalue weighted by atomic mass is 10.0. The fraction of sp³-hybridized carbons (Fsp3) is 0.429. The second-order valence-corrected chi connectivity index (χ2v) is 6.92. The van der Waals surface area contributed by atoms with Crippen LogP contribution >= 0.6 is 0 Å². The Kier molecular flexibility index (Phi) is 5.28. The Morgan fingerprint density at radius 3 is 2.69 bits per heavy atom. The van der Waals surface area contributed by atoms with E-state index in [9.17, 15) is 4.79 Å². The maximum atomic E-state index is 12.4. The van der Waals surface area contributed by atoms with E-state index in [1.165, 1.54) is 0 Å². The van der Waals surface area contributed by atoms with Gasteiger partial charge in [0.2, 0.25) is 0 Å². The van der Waals surface area contributed by atoms with Crippen LogP contribution in [-0.2, 0) is 9.47 Å². The number of carbonyl (C=O) groups is 1. The minimum atomic E-state index is -0.385. The molecule has 0 aliphatic carbocycles. The first-order valence-electron chi connectivity index (χ1n) is 9.15. The van der Waals surface area contributed by atoms with Crippen molar-refractivity contribution in [3.8, 4) is 0 Å². The molecule has 1 N–H and O–H groups in total. The van der Waals surface area contributed by atoms with E-state index in [0.29, 0.717) is 5.69 Å². The Morgan fingerprint density at radius 1 is 1.23 bits per heavy atom. The molecule has 0 bridgehead atoms. The van der Waals surface area contributed by atoms with Gasteiger partial charge in [0.1, 0.15) is 0 Å². The number of rotatable bonds is 6. The van der Waals surface area contributed by atoms with Crippen molar-refractivity contribution < 1.29 is 14.3 Å². The Balaban J connectivity index is 2.10. The summed E-state index contributed by atoms with van der Waals surface area (Å²) in [6.45, 7) is 10.5. The maximum Gasteiger partial charge on any atom is 0.357 e. The third-order valence-electron chi connectivity index (χ3n) is 4.48. The van der Waals surface area contributed by atoms with Gasteiger partial charge in [0.15, 0.2) is 5.69 Å². The van der Waals surface area contributed by atoms with E-state index in [-0.39, 0.29) is 18.2 Å². The van der Waals surface area contributed by atoms with Crippen molar-refractivity contribution in [3.63, 3.8) is 0 Å². The van der Waals surface area contributed by atoms with Crippen molar-refractivity contribution in [2.45, 2.75) is 53.2 Å². The molecule has 0 spiro atoms. The SMILES string of the molecule is CCCOC(C)c1ccc2[nH]c3cnc(C(=O)OC(C)C)c(C)c3c2c1. The predicted octanol–water partition coefficient (Wildman–Crippen LogP) is 5.08. The second-order valence-electron chi connectivity index (χ2n) is 6.92. The van der Waals surface area contributed by atoms with Crippen LogP contribution in [0.4, 0.5) is 0 Å². The van der Waals surface area contributed by atoms with Gasteiger partial charge < -0.3 is 14.5 Å². The summed E-state index contributed by atoms with van der Waals surface area (Å²) in [6.07, 6.45) is 2.55. The van der Waals surface area contributed by atoms with E-state index < -0.39 is 0 Å². The number of aromatic amines is 1. The summed E-state index contributed by atoms with van der Waals surface area (Å²) in [5, 5.41) is 2.08. The van der Waals surface area contributed by atoms with Crippen LogP contribution in [0.5, 0.6) is 0 Å². The van der Waals surface area contributed by atoms with Gasteiger partial charge in [-0.25, -0.2) is 9.78 Å². The van der Waals surface area contributed by atoms with Crippen LogP contribution in [0.3, 0.4) is 0 Å². The van der Waals surface area contributed by atoms with Crippen molar-refractivity contribution in [1.82, 2.24) is 9.97 Å². The summed E-state index contributed by atoms with van der Waals surface area (Å²) < 4.78 is 11.2. The standard InChI is InChI=1S/C21H26N2O3/c1-6-9-25-14(5)15-7-8-17-16(10-15)19-13(4)20(21(24)26-12(2)3)22-11-18(19)23-17/h7-8,10-12,14,23H,6,9H2,1-5H3. The molecule has 1 unspecified atom stereocenters. The van der Waals surface area contributed by atoms with Gasteiger partial charge in [-0.2, -0.15) is 0 Å². The zero-order chi connectivity index (χ0) is 18.8. The number of ether oxygens (including phenoxy) is 2. The third-order valence-corrected chi connectivity index (χ3v) is 4.48. The fourth-order valence-electron chi connectivity index (χ4n) is 3.19. The van der Waals surface area contributed by atoms with Gasteiger partial charge in [0, 0.05) is 22.9 Å². The first kappa shape index (κ1) is 18.4. The highest BCUT2D eigenvalue weighted by molar-refractivity contribution is 6.11. The number of nitrogens with zero attached hydrogens (tertiary/aromatic N) is 1. The van der Waals surface area contributed by atoms with E-state index in [1.54, 1.807) is 6.20 Å². The van der Waals surface area contributed by atoms with Crippen molar-refractivity contribution in [2.75, 3.05) is 6.61 Å². The van der Waals surface area contributed by atoms with Crippen LogP contribution < -0.4 is 0 Å². The number of H-pyrrole nitrogens is 1. The van der Waals surface area contributed by atoms with Crippen LogP contribution in [0.15, 0.2) is 24.4 Å². The van der Waals surface area contributed by atoms with Gasteiger partial charge in [-0.3, -0.25) is 0 Å². The zero-order valence-electron chi connectivity index (χ0n) is 16.1. The summed E-state index contributed by atoms with van der Waals surface area (Å²) in [4.78, 5) is 20.1. The highest BCUT2D eigenvalue weighted by Crippen LogP contribution is 2.32. The molecule has 0 radical (unpaired) electrons. The molecular weight excluding hydrogens is 328 g/mol. The molecule has 3 rings (SSSR count). The van der Waals surface area contributed by atoms with Crippen molar-refractivity contribution >= 4 is 27.8 Å². The van der Waals surface area contributed by atoms with Gasteiger partial charge in [-0.05, 0) is 57.4 Å². The Bertz CT molecular complexity index is 943. The number of hydrogen-bond acceptors (Lipinski definition) is 4. The number of carbonyl (C=O) groups excluding carboxylic acids is 1. The number of hydrogen-bond donors (Lipinski definition) is 1. The molecule has 5 nitrogen and oxygen atoms in total. The molecule has 0 amide bonds. The van der Waals surface area contributed by atoms with E-state index in [2.05, 4.69) is 42.0 Å². The number of benzene rings is 1. The molecule has 1 atom stereocenters. The fourth-order valence-corrected chi connectivity index (χ4v) is 3.19. The number of nitrogens with one attached hydrogen (secondary N) is 1. The normalized spacial score (nSPS) is 12.8. The molecule has 1 aromatic carbocycles. The van der Waals surface area contributed by atoms with Crippen LogP contribution in [0.25, 0.3) is 21.8 Å². The lowest BCUT2D eigenvalue weighted by Crippen LogP contribution is -2.14. The quantitative estimate of drug-likeness (QED) is 0.627. The number of aryl methyl sites for hydroxylation is 1. The highest BCUT2D eigenvalue weighted by atomic mass is 16.5. The van der Waals surface area contributed by atoms with Crippen molar-refractivity contribution in [1.29, 1.82) is 0 Å². The molecule has 26 heavy (non-hydrogen) atoms. The lowest BCUT2D eigenvalue weighted by Gasteiger charge is -2.13. The Labute approximate surface area is 153 Å².